The van der Waals surface area contributed by atoms with E-state index in [2.05, 4.69) is 72.2 Å². The van der Waals surface area contributed by atoms with Crippen molar-refractivity contribution in [1.82, 2.24) is 14.9 Å². The molecule has 1 fully saturated rings. The second-order valence-corrected chi connectivity index (χ2v) is 9.25. The minimum absolute atomic E-state index is 0.205. The van der Waals surface area contributed by atoms with E-state index in [-0.39, 0.29) is 5.41 Å². The van der Waals surface area contributed by atoms with Crippen molar-refractivity contribution in [3.63, 3.8) is 0 Å². The van der Waals surface area contributed by atoms with E-state index in [1.165, 1.54) is 36.8 Å². The van der Waals surface area contributed by atoms with Crippen LogP contribution in [0.1, 0.15) is 57.6 Å². The monoisotopic (exact) mass is 395 g/mol. The molecule has 0 radical (unpaired) electrons. The largest absolute Gasteiger partial charge is 0.356 e. The Labute approximate surface area is 176 Å². The van der Waals surface area contributed by atoms with Crippen LogP contribution in [0.4, 0.5) is 11.8 Å². The number of benzene rings is 1. The molecule has 0 spiro atoms. The first-order valence-electron chi connectivity index (χ1n) is 11.0. The molecule has 158 valence electrons. The maximum atomic E-state index is 4.74. The first-order valence-corrected chi connectivity index (χ1v) is 11.0. The number of anilines is 2. The number of likely N-dealkylation sites (N-methyl/N-ethyl adjacent to an activating group) is 1. The zero-order valence-electron chi connectivity index (χ0n) is 18.6. The molecule has 1 aliphatic heterocycles. The summed E-state index contributed by atoms with van der Waals surface area (Å²) >= 11 is 0. The fourth-order valence-electron chi connectivity index (χ4n) is 3.77. The Morgan fingerprint density at radius 2 is 1.69 bits per heavy atom. The molecule has 0 atom stereocenters. The summed E-state index contributed by atoms with van der Waals surface area (Å²) in [5.74, 6) is 1.78. The van der Waals surface area contributed by atoms with Crippen molar-refractivity contribution < 1.29 is 0 Å². The molecule has 0 saturated carbocycles. The van der Waals surface area contributed by atoms with Crippen molar-refractivity contribution in [2.75, 3.05) is 43.4 Å². The molecule has 0 unspecified atom stereocenters. The highest BCUT2D eigenvalue weighted by Gasteiger charge is 2.13. The first kappa shape index (κ1) is 21.6. The van der Waals surface area contributed by atoms with Gasteiger partial charge in [0.25, 0.3) is 0 Å². The van der Waals surface area contributed by atoms with E-state index < -0.39 is 0 Å². The molecule has 0 amide bonds. The van der Waals surface area contributed by atoms with Crippen LogP contribution in [0.2, 0.25) is 0 Å². The Morgan fingerprint density at radius 3 is 2.34 bits per heavy atom. The lowest BCUT2D eigenvalue weighted by molar-refractivity contribution is 0.339. The molecule has 3 rings (SSSR count). The molecule has 0 aliphatic carbocycles. The summed E-state index contributed by atoms with van der Waals surface area (Å²) in [6, 6.07) is 11.0. The Morgan fingerprint density at radius 1 is 1.00 bits per heavy atom. The molecule has 1 aliphatic rings. The summed E-state index contributed by atoms with van der Waals surface area (Å²) in [7, 11) is 2.16. The lowest BCUT2D eigenvalue weighted by Crippen LogP contribution is -2.27. The van der Waals surface area contributed by atoms with Crippen LogP contribution < -0.4 is 10.2 Å². The molecule has 2 heterocycles. The SMILES string of the molecule is CN(CCNc1nccc(N2CCCCCC2)n1)Cc1ccc(C(C)(C)C)cc1. The van der Waals surface area contributed by atoms with Crippen LogP contribution in [-0.4, -0.2) is 48.1 Å². The van der Waals surface area contributed by atoms with Crippen molar-refractivity contribution in [3.8, 4) is 0 Å². The van der Waals surface area contributed by atoms with E-state index in [9.17, 15) is 0 Å². The molecule has 2 aromatic rings. The maximum absolute atomic E-state index is 4.74. The zero-order valence-corrected chi connectivity index (χ0v) is 18.6. The van der Waals surface area contributed by atoms with Gasteiger partial charge in [-0.05, 0) is 42.5 Å². The normalized spacial score (nSPS) is 15.4. The molecule has 0 bridgehead atoms. The molecule has 1 aromatic heterocycles. The Balaban J connectivity index is 1.46. The zero-order chi connectivity index (χ0) is 20.7. The highest BCUT2D eigenvalue weighted by molar-refractivity contribution is 5.42. The van der Waals surface area contributed by atoms with Crippen LogP contribution in [0.15, 0.2) is 36.5 Å². The third-order valence-electron chi connectivity index (χ3n) is 5.62. The number of hydrogen-bond acceptors (Lipinski definition) is 5. The van der Waals surface area contributed by atoms with Gasteiger partial charge in [-0.1, -0.05) is 57.9 Å². The van der Waals surface area contributed by atoms with Gasteiger partial charge in [-0.25, -0.2) is 4.98 Å². The van der Waals surface area contributed by atoms with E-state index in [1.807, 2.05) is 12.3 Å². The third kappa shape index (κ3) is 6.70. The third-order valence-corrected chi connectivity index (χ3v) is 5.62. The Bertz CT molecular complexity index is 743. The van der Waals surface area contributed by atoms with Crippen molar-refractivity contribution in [3.05, 3.63) is 47.7 Å². The number of hydrogen-bond donors (Lipinski definition) is 1. The quantitative estimate of drug-likeness (QED) is 0.736. The summed E-state index contributed by atoms with van der Waals surface area (Å²) in [6.07, 6.45) is 7.05. The molecule has 5 nitrogen and oxygen atoms in total. The van der Waals surface area contributed by atoms with Gasteiger partial charge in [-0.3, -0.25) is 0 Å². The van der Waals surface area contributed by atoms with Gasteiger partial charge in [0.05, 0.1) is 0 Å². The highest BCUT2D eigenvalue weighted by atomic mass is 15.2. The summed E-state index contributed by atoms with van der Waals surface area (Å²) in [5, 5.41) is 3.39. The Kier molecular flexibility index (Phi) is 7.48. The van der Waals surface area contributed by atoms with Gasteiger partial charge in [-0.15, -0.1) is 0 Å². The fraction of sp³-hybridized carbons (Fsp3) is 0.583. The average molecular weight is 396 g/mol. The molecular formula is C24H37N5. The van der Waals surface area contributed by atoms with Crippen LogP contribution in [-0.2, 0) is 12.0 Å². The van der Waals surface area contributed by atoms with E-state index in [1.54, 1.807) is 0 Å². The molecule has 29 heavy (non-hydrogen) atoms. The summed E-state index contributed by atoms with van der Waals surface area (Å²) in [5.41, 5.74) is 2.93. The number of aromatic nitrogens is 2. The lowest BCUT2D eigenvalue weighted by atomic mass is 9.87. The van der Waals surface area contributed by atoms with Crippen LogP contribution in [0.3, 0.4) is 0 Å². The van der Waals surface area contributed by atoms with Gasteiger partial charge in [-0.2, -0.15) is 4.98 Å². The smallest absolute Gasteiger partial charge is 0.224 e. The van der Waals surface area contributed by atoms with Gasteiger partial charge in [0.2, 0.25) is 5.95 Å². The van der Waals surface area contributed by atoms with E-state index in [4.69, 9.17) is 4.98 Å². The number of nitrogens with one attached hydrogen (secondary N) is 1. The van der Waals surface area contributed by atoms with Gasteiger partial charge in [0.1, 0.15) is 5.82 Å². The van der Waals surface area contributed by atoms with Crippen LogP contribution >= 0.6 is 0 Å². The Hall–Kier alpha value is -2.14. The topological polar surface area (TPSA) is 44.3 Å². The van der Waals surface area contributed by atoms with Gasteiger partial charge >= 0.3 is 0 Å². The summed E-state index contributed by atoms with van der Waals surface area (Å²) < 4.78 is 0. The maximum Gasteiger partial charge on any atom is 0.224 e. The predicted molar refractivity (Wildman–Crippen MR) is 123 cm³/mol. The van der Waals surface area contributed by atoms with E-state index >= 15 is 0 Å². The van der Waals surface area contributed by atoms with Crippen LogP contribution in [0.5, 0.6) is 0 Å². The minimum atomic E-state index is 0.205. The highest BCUT2D eigenvalue weighted by Crippen LogP contribution is 2.22. The lowest BCUT2D eigenvalue weighted by Gasteiger charge is -2.22. The van der Waals surface area contributed by atoms with Crippen LogP contribution in [0, 0.1) is 0 Å². The van der Waals surface area contributed by atoms with Crippen LogP contribution in [0.25, 0.3) is 0 Å². The summed E-state index contributed by atoms with van der Waals surface area (Å²) in [6.45, 7) is 11.7. The number of rotatable bonds is 7. The van der Waals surface area contributed by atoms with Crippen molar-refractivity contribution in [2.45, 2.75) is 58.4 Å². The van der Waals surface area contributed by atoms with Gasteiger partial charge in [0.15, 0.2) is 0 Å². The van der Waals surface area contributed by atoms with Gasteiger partial charge in [0, 0.05) is 38.9 Å². The number of nitrogens with zero attached hydrogens (tertiary/aromatic N) is 4. The molecule has 5 heteroatoms. The molecule has 1 aromatic carbocycles. The molecular weight excluding hydrogens is 358 g/mol. The van der Waals surface area contributed by atoms with Gasteiger partial charge < -0.3 is 15.1 Å². The van der Waals surface area contributed by atoms with Crippen molar-refractivity contribution in [2.24, 2.45) is 0 Å². The van der Waals surface area contributed by atoms with E-state index in [0.29, 0.717) is 0 Å². The van der Waals surface area contributed by atoms with Crippen molar-refractivity contribution >= 4 is 11.8 Å². The standard InChI is InChI=1S/C24H37N5/c1-24(2,3)21-11-9-20(10-12-21)19-28(4)18-15-26-23-25-14-13-22(27-23)29-16-7-5-6-8-17-29/h9-14H,5-8,15-19H2,1-4H3,(H,25,26,27). The predicted octanol–water partition coefficient (Wildman–Crippen LogP) is 4.70. The van der Waals surface area contributed by atoms with E-state index in [0.717, 1.165) is 44.5 Å². The molecule has 1 N–H and O–H groups in total. The minimum Gasteiger partial charge on any atom is -0.356 e. The summed E-state index contributed by atoms with van der Waals surface area (Å²) in [4.78, 5) is 13.9. The molecule has 1 saturated heterocycles. The fourth-order valence-corrected chi connectivity index (χ4v) is 3.77. The second-order valence-electron chi connectivity index (χ2n) is 9.25. The van der Waals surface area contributed by atoms with Crippen molar-refractivity contribution in [1.29, 1.82) is 0 Å². The first-order chi connectivity index (χ1) is 13.9. The second kappa shape index (κ2) is 10.1. The average Bonchev–Trinajstić information content (AvgIpc) is 2.97.